The van der Waals surface area contributed by atoms with Crippen LogP contribution in [0.15, 0.2) is 72.8 Å². The largest absolute Gasteiger partial charge is 0.0616 e. The minimum absolute atomic E-state index is 0.0742. The van der Waals surface area contributed by atoms with E-state index in [9.17, 15) is 0 Å². The second-order valence-corrected chi connectivity index (χ2v) is 11.8. The Morgan fingerprint density at radius 2 is 1.14 bits per heavy atom. The molecule has 35 heavy (non-hydrogen) atoms. The Labute approximate surface area is 207 Å². The van der Waals surface area contributed by atoms with Crippen molar-refractivity contribution in [1.82, 2.24) is 0 Å². The van der Waals surface area contributed by atoms with E-state index in [1.807, 2.05) is 0 Å². The molecule has 1 aliphatic rings. The third-order valence-corrected chi connectivity index (χ3v) is 8.71. The van der Waals surface area contributed by atoms with Gasteiger partial charge in [-0.2, -0.15) is 0 Å². The lowest BCUT2D eigenvalue weighted by atomic mass is 9.66. The summed E-state index contributed by atoms with van der Waals surface area (Å²) in [5.74, 6) is 0.960. The van der Waals surface area contributed by atoms with E-state index in [2.05, 4.69) is 114 Å². The van der Waals surface area contributed by atoms with Crippen LogP contribution in [0.5, 0.6) is 0 Å². The second-order valence-electron chi connectivity index (χ2n) is 11.8. The molecule has 0 N–H and O–H groups in total. The Morgan fingerprint density at radius 3 is 1.83 bits per heavy atom. The zero-order valence-electron chi connectivity index (χ0n) is 21.6. The molecule has 0 unspecified atom stereocenters. The molecule has 172 valence electrons. The predicted molar refractivity (Wildman–Crippen MR) is 153 cm³/mol. The van der Waals surface area contributed by atoms with Crippen LogP contribution in [0.1, 0.15) is 75.6 Å². The topological polar surface area (TPSA) is 0 Å². The smallest absolute Gasteiger partial charge is 0.0159 e. The van der Waals surface area contributed by atoms with E-state index in [0.29, 0.717) is 11.8 Å². The van der Waals surface area contributed by atoms with Crippen LogP contribution in [0.25, 0.3) is 54.2 Å². The molecule has 0 aromatic heterocycles. The molecule has 0 radical (unpaired) electrons. The van der Waals surface area contributed by atoms with Crippen molar-refractivity contribution < 1.29 is 0 Å². The van der Waals surface area contributed by atoms with Crippen molar-refractivity contribution >= 4 is 43.1 Å². The Morgan fingerprint density at radius 1 is 0.514 bits per heavy atom. The van der Waals surface area contributed by atoms with Crippen molar-refractivity contribution in [3.05, 3.63) is 95.1 Å². The van der Waals surface area contributed by atoms with Gasteiger partial charge in [0.15, 0.2) is 0 Å². The second kappa shape index (κ2) is 6.85. The molecule has 0 saturated carbocycles. The molecule has 0 aliphatic heterocycles. The van der Waals surface area contributed by atoms with Crippen LogP contribution in [0.2, 0.25) is 0 Å². The fourth-order valence-corrected chi connectivity index (χ4v) is 6.88. The predicted octanol–water partition coefficient (Wildman–Crippen LogP) is 10.3. The first-order valence-electron chi connectivity index (χ1n) is 13.1. The van der Waals surface area contributed by atoms with Gasteiger partial charge in [-0.05, 0) is 113 Å². The van der Waals surface area contributed by atoms with Gasteiger partial charge in [-0.1, -0.05) is 90.1 Å². The summed E-state index contributed by atoms with van der Waals surface area (Å²) in [6.07, 6.45) is 0. The summed E-state index contributed by atoms with van der Waals surface area (Å²) in [5, 5.41) is 11.3. The third kappa shape index (κ3) is 2.63. The molecule has 0 heteroatoms. The summed E-state index contributed by atoms with van der Waals surface area (Å²) >= 11 is 0. The molecule has 0 nitrogen and oxygen atoms in total. The van der Waals surface area contributed by atoms with E-state index in [1.165, 1.54) is 76.5 Å². The molecule has 0 atom stereocenters. The Hall–Kier alpha value is -3.38. The highest BCUT2D eigenvalue weighted by atomic mass is 14.4. The minimum Gasteiger partial charge on any atom is -0.0616 e. The van der Waals surface area contributed by atoms with Crippen molar-refractivity contribution in [2.75, 3.05) is 0 Å². The van der Waals surface area contributed by atoms with E-state index in [-0.39, 0.29) is 5.41 Å². The van der Waals surface area contributed by atoms with Crippen LogP contribution in [0, 0.1) is 0 Å². The minimum atomic E-state index is -0.0742. The van der Waals surface area contributed by atoms with Gasteiger partial charge in [0, 0.05) is 5.41 Å². The van der Waals surface area contributed by atoms with Gasteiger partial charge in [0.25, 0.3) is 0 Å². The van der Waals surface area contributed by atoms with Gasteiger partial charge in [0.05, 0.1) is 0 Å². The van der Waals surface area contributed by atoms with Crippen molar-refractivity contribution in [2.45, 2.75) is 58.8 Å². The van der Waals surface area contributed by atoms with Crippen molar-refractivity contribution in [3.63, 3.8) is 0 Å². The Bertz CT molecular complexity index is 1810. The maximum atomic E-state index is 2.52. The van der Waals surface area contributed by atoms with E-state index in [4.69, 9.17) is 0 Å². The lowest BCUT2D eigenvalue weighted by Gasteiger charge is -2.37. The molecular weight excluding hydrogens is 420 g/mol. The van der Waals surface area contributed by atoms with Crippen molar-refractivity contribution in [3.8, 4) is 11.1 Å². The van der Waals surface area contributed by atoms with Gasteiger partial charge in [0.1, 0.15) is 0 Å². The van der Waals surface area contributed by atoms with Crippen LogP contribution in [-0.4, -0.2) is 0 Å². The van der Waals surface area contributed by atoms with Crippen LogP contribution >= 0.6 is 0 Å². The van der Waals surface area contributed by atoms with Crippen molar-refractivity contribution in [2.24, 2.45) is 0 Å². The van der Waals surface area contributed by atoms with Gasteiger partial charge in [-0.25, -0.2) is 0 Å². The number of rotatable bonds is 2. The van der Waals surface area contributed by atoms with Gasteiger partial charge < -0.3 is 0 Å². The standard InChI is InChI=1S/C35H32/c1-19(2)24-12-11-23-17-31-33-29(18-27(20(3)4)26-14-13-25(24)32(23)34(26)33)28-15-21-9-7-8-10-22(21)16-30(28)35(31,5)6/h7-20H,1-6H3. The normalized spacial score (nSPS) is 14.7. The van der Waals surface area contributed by atoms with Crippen LogP contribution in [0.4, 0.5) is 0 Å². The molecule has 0 amide bonds. The summed E-state index contributed by atoms with van der Waals surface area (Å²) in [4.78, 5) is 0. The summed E-state index contributed by atoms with van der Waals surface area (Å²) in [6, 6.07) is 28.3. The number of hydrogen-bond acceptors (Lipinski definition) is 0. The van der Waals surface area contributed by atoms with E-state index in [0.717, 1.165) is 0 Å². The Balaban J connectivity index is 1.77. The molecule has 0 bridgehead atoms. The zero-order chi connectivity index (χ0) is 24.2. The third-order valence-electron chi connectivity index (χ3n) is 8.71. The van der Waals surface area contributed by atoms with Crippen LogP contribution in [0.3, 0.4) is 0 Å². The molecule has 0 heterocycles. The molecule has 0 fully saturated rings. The molecule has 1 aliphatic carbocycles. The highest BCUT2D eigenvalue weighted by Gasteiger charge is 2.36. The molecule has 0 spiro atoms. The molecule has 6 aromatic rings. The first kappa shape index (κ1) is 20.9. The summed E-state index contributed by atoms with van der Waals surface area (Å²) in [7, 11) is 0. The number of benzene rings is 6. The average molecular weight is 453 g/mol. The lowest BCUT2D eigenvalue weighted by Crippen LogP contribution is -2.24. The highest BCUT2D eigenvalue weighted by molar-refractivity contribution is 6.28. The summed E-state index contributed by atoms with van der Waals surface area (Å²) < 4.78 is 0. The lowest BCUT2D eigenvalue weighted by molar-refractivity contribution is 0.647. The van der Waals surface area contributed by atoms with Gasteiger partial charge >= 0.3 is 0 Å². The van der Waals surface area contributed by atoms with E-state index >= 15 is 0 Å². The Kier molecular flexibility index (Phi) is 4.10. The highest BCUT2D eigenvalue weighted by Crippen LogP contribution is 2.54. The van der Waals surface area contributed by atoms with Crippen LogP contribution < -0.4 is 0 Å². The first-order valence-corrected chi connectivity index (χ1v) is 13.1. The molecule has 0 saturated heterocycles. The van der Waals surface area contributed by atoms with Gasteiger partial charge in [-0.3, -0.25) is 0 Å². The summed E-state index contributed by atoms with van der Waals surface area (Å²) in [6.45, 7) is 14.2. The zero-order valence-corrected chi connectivity index (χ0v) is 21.6. The molecule has 6 aromatic carbocycles. The van der Waals surface area contributed by atoms with Gasteiger partial charge in [0.2, 0.25) is 0 Å². The number of fused-ring (bicyclic) bond motifs is 3. The van der Waals surface area contributed by atoms with E-state index in [1.54, 1.807) is 0 Å². The SMILES string of the molecule is CC(C)c1ccc2cc3c4c(cc(C(C)C)c5ccc1c2c54)-c1cc2ccccc2cc1C3(C)C. The number of hydrogen-bond donors (Lipinski definition) is 0. The maximum Gasteiger partial charge on any atom is 0.0159 e. The summed E-state index contributed by atoms with van der Waals surface area (Å²) in [5.41, 5.74) is 8.57. The fraction of sp³-hybridized carbons (Fsp3) is 0.257. The van der Waals surface area contributed by atoms with Crippen LogP contribution in [-0.2, 0) is 5.41 Å². The van der Waals surface area contributed by atoms with Crippen molar-refractivity contribution in [1.29, 1.82) is 0 Å². The molecule has 7 rings (SSSR count). The first-order chi connectivity index (χ1) is 16.8. The maximum absolute atomic E-state index is 2.52. The fourth-order valence-electron chi connectivity index (χ4n) is 6.88. The van der Waals surface area contributed by atoms with E-state index < -0.39 is 0 Å². The average Bonchev–Trinajstić information content (AvgIpc) is 2.84. The van der Waals surface area contributed by atoms with Gasteiger partial charge in [-0.15, -0.1) is 0 Å². The monoisotopic (exact) mass is 452 g/mol. The quantitative estimate of drug-likeness (QED) is 0.229. The molecular formula is C35H32.